The van der Waals surface area contributed by atoms with Crippen molar-refractivity contribution in [2.45, 2.75) is 31.2 Å². The van der Waals surface area contributed by atoms with E-state index in [1.807, 2.05) is 11.3 Å². The highest BCUT2D eigenvalue weighted by Crippen LogP contribution is 2.34. The van der Waals surface area contributed by atoms with Crippen LogP contribution in [0.2, 0.25) is 0 Å². The van der Waals surface area contributed by atoms with Crippen LogP contribution >= 0.6 is 39.0 Å². The van der Waals surface area contributed by atoms with E-state index in [9.17, 15) is 0 Å². The van der Waals surface area contributed by atoms with E-state index >= 15 is 0 Å². The summed E-state index contributed by atoms with van der Waals surface area (Å²) in [6.07, 6.45) is 0. The lowest BCUT2D eigenvalue weighted by Gasteiger charge is -2.38. The molecule has 0 aromatic carbocycles. The Kier molecular flexibility index (Phi) is 4.95. The molecular weight excluding hydrogens is 316 g/mol. The van der Waals surface area contributed by atoms with E-state index in [4.69, 9.17) is 5.73 Å². The van der Waals surface area contributed by atoms with E-state index in [1.54, 1.807) is 0 Å². The lowest BCUT2D eigenvalue weighted by atomic mass is 10.1. The van der Waals surface area contributed by atoms with E-state index in [0.717, 1.165) is 13.1 Å². The predicted molar refractivity (Wildman–Crippen MR) is 81.9 cm³/mol. The average Bonchev–Trinajstić information content (AvgIpc) is 2.64. The molecule has 2 N–H and O–H groups in total. The van der Waals surface area contributed by atoms with Crippen molar-refractivity contribution in [1.29, 1.82) is 0 Å². The predicted octanol–water partition coefficient (Wildman–Crippen LogP) is 3.34. The molecule has 0 aliphatic carbocycles. The van der Waals surface area contributed by atoms with Gasteiger partial charge in [0.05, 0.1) is 9.83 Å². The van der Waals surface area contributed by atoms with Crippen molar-refractivity contribution in [1.82, 2.24) is 4.90 Å². The lowest BCUT2D eigenvalue weighted by molar-refractivity contribution is 0.187. The van der Waals surface area contributed by atoms with Gasteiger partial charge in [-0.1, -0.05) is 6.92 Å². The molecule has 0 bridgehead atoms. The third-order valence-electron chi connectivity index (χ3n) is 3.05. The van der Waals surface area contributed by atoms with E-state index in [1.165, 1.54) is 14.4 Å². The van der Waals surface area contributed by atoms with Crippen LogP contribution in [0.1, 0.15) is 24.8 Å². The maximum Gasteiger partial charge on any atom is 0.0702 e. The molecule has 1 aromatic rings. The van der Waals surface area contributed by atoms with Crippen molar-refractivity contribution in [2.75, 3.05) is 18.8 Å². The zero-order valence-electron chi connectivity index (χ0n) is 10.2. The molecule has 5 heteroatoms. The fourth-order valence-electron chi connectivity index (χ4n) is 2.36. The molecule has 0 spiro atoms. The quantitative estimate of drug-likeness (QED) is 0.919. The first-order chi connectivity index (χ1) is 8.08. The molecule has 1 aliphatic rings. The zero-order valence-corrected chi connectivity index (χ0v) is 13.4. The smallest absolute Gasteiger partial charge is 0.0702 e. The highest BCUT2D eigenvalue weighted by Gasteiger charge is 2.28. The van der Waals surface area contributed by atoms with Gasteiger partial charge in [0.15, 0.2) is 0 Å². The van der Waals surface area contributed by atoms with Crippen LogP contribution in [0.3, 0.4) is 0 Å². The molecule has 96 valence electrons. The Morgan fingerprint density at radius 3 is 2.82 bits per heavy atom. The Hall–Kier alpha value is 0.450. The summed E-state index contributed by atoms with van der Waals surface area (Å²) >= 11 is 7.41. The summed E-state index contributed by atoms with van der Waals surface area (Å²) < 4.78 is 1.19. The number of nitrogens with two attached hydrogens (primary N) is 1. The summed E-state index contributed by atoms with van der Waals surface area (Å²) in [7, 11) is 0. The maximum absolute atomic E-state index is 6.20. The Bertz CT molecular complexity index is 367. The molecule has 1 fully saturated rings. The minimum Gasteiger partial charge on any atom is -0.326 e. The third-order valence-corrected chi connectivity index (χ3v) is 5.88. The van der Waals surface area contributed by atoms with Gasteiger partial charge in [0.1, 0.15) is 0 Å². The van der Waals surface area contributed by atoms with Gasteiger partial charge in [0.2, 0.25) is 0 Å². The minimum atomic E-state index is 0.177. The standard InChI is InChI=1S/C12H19BrN2S2/c1-8-7-15(5-6-16-8)12(9(2)14)10-3-4-11(13)17-10/h3-4,8-9,12H,5-7,14H2,1-2H3. The molecular formula is C12H19BrN2S2. The molecule has 1 saturated heterocycles. The zero-order chi connectivity index (χ0) is 12.4. The summed E-state index contributed by atoms with van der Waals surface area (Å²) in [5.74, 6) is 1.22. The van der Waals surface area contributed by atoms with Crippen LogP contribution in [0, 0.1) is 0 Å². The van der Waals surface area contributed by atoms with Gasteiger partial charge in [0, 0.05) is 35.0 Å². The van der Waals surface area contributed by atoms with Gasteiger partial charge in [-0.3, -0.25) is 4.90 Å². The number of nitrogens with zero attached hydrogens (tertiary/aromatic N) is 1. The first-order valence-electron chi connectivity index (χ1n) is 5.94. The van der Waals surface area contributed by atoms with Crippen LogP contribution in [0.5, 0.6) is 0 Å². The molecule has 3 unspecified atom stereocenters. The fourth-order valence-corrected chi connectivity index (χ4v) is 5.07. The highest BCUT2D eigenvalue weighted by atomic mass is 79.9. The van der Waals surface area contributed by atoms with Crippen LogP contribution in [-0.4, -0.2) is 35.0 Å². The monoisotopic (exact) mass is 334 g/mol. The number of halogens is 1. The third kappa shape index (κ3) is 3.47. The Morgan fingerprint density at radius 1 is 1.53 bits per heavy atom. The van der Waals surface area contributed by atoms with Crippen LogP contribution in [-0.2, 0) is 0 Å². The molecule has 3 atom stereocenters. The molecule has 1 aliphatic heterocycles. The Labute approximate surface area is 120 Å². The molecule has 2 nitrogen and oxygen atoms in total. The van der Waals surface area contributed by atoms with Crippen LogP contribution < -0.4 is 5.73 Å². The van der Waals surface area contributed by atoms with Crippen molar-refractivity contribution in [3.8, 4) is 0 Å². The number of rotatable bonds is 3. The van der Waals surface area contributed by atoms with Gasteiger partial charge < -0.3 is 5.73 Å². The van der Waals surface area contributed by atoms with Crippen molar-refractivity contribution in [3.63, 3.8) is 0 Å². The van der Waals surface area contributed by atoms with Crippen molar-refractivity contribution in [3.05, 3.63) is 20.8 Å². The number of thioether (sulfide) groups is 1. The molecule has 1 aromatic heterocycles. The van der Waals surface area contributed by atoms with Gasteiger partial charge in [-0.15, -0.1) is 11.3 Å². The van der Waals surface area contributed by atoms with Crippen molar-refractivity contribution in [2.24, 2.45) is 5.73 Å². The molecule has 0 amide bonds. The molecule has 0 saturated carbocycles. The number of hydrogen-bond donors (Lipinski definition) is 1. The van der Waals surface area contributed by atoms with Crippen molar-refractivity contribution >= 4 is 39.0 Å². The van der Waals surface area contributed by atoms with E-state index < -0.39 is 0 Å². The van der Waals surface area contributed by atoms with Gasteiger partial charge in [-0.25, -0.2) is 0 Å². The van der Waals surface area contributed by atoms with E-state index in [-0.39, 0.29) is 6.04 Å². The maximum atomic E-state index is 6.20. The van der Waals surface area contributed by atoms with Crippen molar-refractivity contribution < 1.29 is 0 Å². The van der Waals surface area contributed by atoms with Crippen LogP contribution in [0.4, 0.5) is 0 Å². The lowest BCUT2D eigenvalue weighted by Crippen LogP contribution is -2.45. The van der Waals surface area contributed by atoms with E-state index in [0.29, 0.717) is 11.3 Å². The SMILES string of the molecule is CC1CN(C(c2ccc(Br)s2)C(C)N)CCS1. The summed E-state index contributed by atoms with van der Waals surface area (Å²) in [5, 5.41) is 0.716. The second-order valence-electron chi connectivity index (χ2n) is 4.62. The molecule has 2 heterocycles. The largest absolute Gasteiger partial charge is 0.326 e. The van der Waals surface area contributed by atoms with Gasteiger partial charge in [-0.05, 0) is 35.0 Å². The second-order valence-corrected chi connectivity index (χ2v) is 8.66. The molecule has 0 radical (unpaired) electrons. The normalized spacial score (nSPS) is 25.8. The highest BCUT2D eigenvalue weighted by molar-refractivity contribution is 9.11. The Morgan fingerprint density at radius 2 is 2.29 bits per heavy atom. The van der Waals surface area contributed by atoms with Gasteiger partial charge in [-0.2, -0.15) is 11.8 Å². The number of thiophene rings is 1. The van der Waals surface area contributed by atoms with Crippen LogP contribution in [0.15, 0.2) is 15.9 Å². The topological polar surface area (TPSA) is 29.3 Å². The first kappa shape index (κ1) is 13.9. The first-order valence-corrected chi connectivity index (χ1v) is 8.60. The number of hydrogen-bond acceptors (Lipinski definition) is 4. The molecule has 2 rings (SSSR count). The average molecular weight is 335 g/mol. The van der Waals surface area contributed by atoms with Gasteiger partial charge >= 0.3 is 0 Å². The fraction of sp³-hybridized carbons (Fsp3) is 0.667. The summed E-state index contributed by atoms with van der Waals surface area (Å²) in [4.78, 5) is 3.93. The molecule has 17 heavy (non-hydrogen) atoms. The summed E-state index contributed by atoms with van der Waals surface area (Å²) in [6.45, 7) is 6.72. The summed E-state index contributed by atoms with van der Waals surface area (Å²) in [6, 6.07) is 4.87. The van der Waals surface area contributed by atoms with E-state index in [2.05, 4.69) is 58.6 Å². The minimum absolute atomic E-state index is 0.177. The summed E-state index contributed by atoms with van der Waals surface area (Å²) in [5.41, 5.74) is 6.20. The van der Waals surface area contributed by atoms with Crippen LogP contribution in [0.25, 0.3) is 0 Å². The second kappa shape index (κ2) is 6.06. The Balaban J connectivity index is 2.17. The van der Waals surface area contributed by atoms with Gasteiger partial charge in [0.25, 0.3) is 0 Å².